The summed E-state index contributed by atoms with van der Waals surface area (Å²) in [5, 5.41) is 0. The molecular formula is C16H20FN. The summed E-state index contributed by atoms with van der Waals surface area (Å²) >= 11 is 0. The molecule has 18 heavy (non-hydrogen) atoms. The summed E-state index contributed by atoms with van der Waals surface area (Å²) in [5.41, 5.74) is 1.24. The zero-order valence-electron chi connectivity index (χ0n) is 10.7. The van der Waals surface area contributed by atoms with Crippen LogP contribution in [0.25, 0.3) is 0 Å². The van der Waals surface area contributed by atoms with Gasteiger partial charge >= 0.3 is 0 Å². The van der Waals surface area contributed by atoms with Gasteiger partial charge in [-0.25, -0.2) is 4.39 Å². The molecule has 0 bridgehead atoms. The lowest BCUT2D eigenvalue weighted by Gasteiger charge is -2.18. The number of halogens is 1. The van der Waals surface area contributed by atoms with E-state index in [4.69, 9.17) is 0 Å². The molecule has 1 aromatic rings. The number of hydrogen-bond donors (Lipinski definition) is 0. The fourth-order valence-electron chi connectivity index (χ4n) is 3.23. The van der Waals surface area contributed by atoms with E-state index in [1.165, 1.54) is 31.5 Å². The van der Waals surface area contributed by atoms with Gasteiger partial charge in [0.25, 0.3) is 0 Å². The van der Waals surface area contributed by atoms with Gasteiger partial charge in [0.05, 0.1) is 0 Å². The van der Waals surface area contributed by atoms with Crippen LogP contribution in [0.15, 0.2) is 36.4 Å². The lowest BCUT2D eigenvalue weighted by Crippen LogP contribution is -2.23. The molecule has 2 atom stereocenters. The van der Waals surface area contributed by atoms with E-state index in [-0.39, 0.29) is 5.82 Å². The van der Waals surface area contributed by atoms with Crippen LogP contribution in [0.2, 0.25) is 0 Å². The summed E-state index contributed by atoms with van der Waals surface area (Å²) in [4.78, 5) is 2.58. The van der Waals surface area contributed by atoms with E-state index in [1.807, 2.05) is 12.1 Å². The molecule has 2 heteroatoms. The van der Waals surface area contributed by atoms with Crippen molar-refractivity contribution in [2.75, 3.05) is 19.6 Å². The Morgan fingerprint density at radius 1 is 1.00 bits per heavy atom. The molecule has 1 aliphatic carbocycles. The highest BCUT2D eigenvalue weighted by molar-refractivity contribution is 5.16. The summed E-state index contributed by atoms with van der Waals surface area (Å²) in [6.07, 6.45) is 8.23. The van der Waals surface area contributed by atoms with Crippen molar-refractivity contribution < 1.29 is 4.39 Å². The minimum atomic E-state index is -0.142. The lowest BCUT2D eigenvalue weighted by atomic mass is 9.86. The number of nitrogens with zero attached hydrogens (tertiary/aromatic N) is 1. The maximum atomic E-state index is 12.8. The molecule has 1 aliphatic heterocycles. The van der Waals surface area contributed by atoms with Crippen molar-refractivity contribution in [2.24, 2.45) is 11.8 Å². The van der Waals surface area contributed by atoms with Crippen molar-refractivity contribution in [3.05, 3.63) is 47.8 Å². The highest BCUT2D eigenvalue weighted by Gasteiger charge is 2.32. The Kier molecular flexibility index (Phi) is 3.46. The Hall–Kier alpha value is -1.15. The van der Waals surface area contributed by atoms with Gasteiger partial charge in [-0.05, 0) is 48.8 Å². The van der Waals surface area contributed by atoms with Gasteiger partial charge in [-0.2, -0.15) is 0 Å². The number of fused-ring (bicyclic) bond motifs is 1. The van der Waals surface area contributed by atoms with Gasteiger partial charge in [0.15, 0.2) is 0 Å². The fraction of sp³-hybridized carbons (Fsp3) is 0.500. The van der Waals surface area contributed by atoms with Crippen LogP contribution in [0.4, 0.5) is 4.39 Å². The van der Waals surface area contributed by atoms with Gasteiger partial charge in [0.2, 0.25) is 0 Å². The topological polar surface area (TPSA) is 3.24 Å². The van der Waals surface area contributed by atoms with E-state index in [1.54, 1.807) is 12.1 Å². The quantitative estimate of drug-likeness (QED) is 0.739. The maximum absolute atomic E-state index is 12.8. The van der Waals surface area contributed by atoms with Gasteiger partial charge in [0, 0.05) is 19.6 Å². The summed E-state index contributed by atoms with van der Waals surface area (Å²) in [7, 11) is 0. The molecule has 2 unspecified atom stereocenters. The second-order valence-corrected chi connectivity index (χ2v) is 5.60. The van der Waals surface area contributed by atoms with Crippen molar-refractivity contribution >= 4 is 0 Å². The van der Waals surface area contributed by atoms with E-state index >= 15 is 0 Å². The zero-order valence-corrected chi connectivity index (χ0v) is 10.7. The molecule has 0 amide bonds. The van der Waals surface area contributed by atoms with Crippen molar-refractivity contribution in [3.8, 4) is 0 Å². The minimum absolute atomic E-state index is 0.142. The minimum Gasteiger partial charge on any atom is -0.302 e. The third-order valence-electron chi connectivity index (χ3n) is 4.33. The van der Waals surface area contributed by atoms with Crippen LogP contribution in [0.1, 0.15) is 18.4 Å². The Labute approximate surface area is 108 Å². The van der Waals surface area contributed by atoms with Crippen LogP contribution in [0.5, 0.6) is 0 Å². The van der Waals surface area contributed by atoms with Crippen LogP contribution in [0.3, 0.4) is 0 Å². The first-order valence-corrected chi connectivity index (χ1v) is 6.93. The second kappa shape index (κ2) is 5.23. The molecule has 1 saturated heterocycles. The van der Waals surface area contributed by atoms with Gasteiger partial charge in [-0.15, -0.1) is 0 Å². The van der Waals surface area contributed by atoms with Gasteiger partial charge in [-0.3, -0.25) is 0 Å². The second-order valence-electron chi connectivity index (χ2n) is 5.60. The third-order valence-corrected chi connectivity index (χ3v) is 4.33. The fourth-order valence-corrected chi connectivity index (χ4v) is 3.23. The first-order chi connectivity index (χ1) is 8.81. The predicted octanol–water partition coefficient (Wildman–Crippen LogP) is 3.27. The highest BCUT2D eigenvalue weighted by Crippen LogP contribution is 2.32. The number of likely N-dealkylation sites (tertiary alicyclic amines) is 1. The van der Waals surface area contributed by atoms with Crippen LogP contribution < -0.4 is 0 Å². The van der Waals surface area contributed by atoms with Crippen LogP contribution in [-0.2, 0) is 6.42 Å². The lowest BCUT2D eigenvalue weighted by molar-refractivity contribution is 0.326. The SMILES string of the molecule is Fc1ccc(CCN2CC3CC=CCC3C2)cc1. The summed E-state index contributed by atoms with van der Waals surface area (Å²) in [6.45, 7) is 3.60. The van der Waals surface area contributed by atoms with Crippen LogP contribution in [-0.4, -0.2) is 24.5 Å². The van der Waals surface area contributed by atoms with Crippen molar-refractivity contribution in [1.29, 1.82) is 0 Å². The molecule has 0 spiro atoms. The average molecular weight is 245 g/mol. The molecule has 1 nitrogen and oxygen atoms in total. The number of hydrogen-bond acceptors (Lipinski definition) is 1. The van der Waals surface area contributed by atoms with Crippen LogP contribution >= 0.6 is 0 Å². The zero-order chi connectivity index (χ0) is 12.4. The van der Waals surface area contributed by atoms with E-state index in [0.29, 0.717) is 0 Å². The smallest absolute Gasteiger partial charge is 0.123 e. The molecule has 3 rings (SSSR count). The normalized spacial score (nSPS) is 27.4. The summed E-state index contributed by atoms with van der Waals surface area (Å²) in [6, 6.07) is 6.92. The number of benzene rings is 1. The largest absolute Gasteiger partial charge is 0.302 e. The summed E-state index contributed by atoms with van der Waals surface area (Å²) in [5.74, 6) is 1.61. The van der Waals surface area contributed by atoms with Crippen molar-refractivity contribution in [1.82, 2.24) is 4.90 Å². The van der Waals surface area contributed by atoms with E-state index in [2.05, 4.69) is 17.1 Å². The standard InChI is InChI=1S/C16H20FN/c17-16-7-5-13(6-8-16)9-10-18-11-14-3-1-2-4-15(14)12-18/h1-2,5-8,14-15H,3-4,9-12H2. The Bertz CT molecular complexity index is 407. The average Bonchev–Trinajstić information content (AvgIpc) is 2.81. The number of allylic oxidation sites excluding steroid dienone is 2. The van der Waals surface area contributed by atoms with E-state index < -0.39 is 0 Å². The Morgan fingerprint density at radius 3 is 2.22 bits per heavy atom. The van der Waals surface area contributed by atoms with Crippen molar-refractivity contribution in [2.45, 2.75) is 19.3 Å². The molecule has 1 fully saturated rings. The third kappa shape index (κ3) is 2.64. The van der Waals surface area contributed by atoms with Crippen LogP contribution in [0, 0.1) is 17.7 Å². The van der Waals surface area contributed by atoms with Crippen molar-refractivity contribution in [3.63, 3.8) is 0 Å². The molecular weight excluding hydrogens is 225 g/mol. The first-order valence-electron chi connectivity index (χ1n) is 6.93. The summed E-state index contributed by atoms with van der Waals surface area (Å²) < 4.78 is 12.8. The molecule has 0 N–H and O–H groups in total. The van der Waals surface area contributed by atoms with E-state index in [9.17, 15) is 4.39 Å². The molecule has 0 aromatic heterocycles. The molecule has 96 valence electrons. The molecule has 2 aliphatic rings. The first kappa shape index (κ1) is 11.9. The molecule has 1 aromatic carbocycles. The Morgan fingerprint density at radius 2 is 1.61 bits per heavy atom. The highest BCUT2D eigenvalue weighted by atomic mass is 19.1. The van der Waals surface area contributed by atoms with Gasteiger partial charge in [0.1, 0.15) is 5.82 Å². The monoisotopic (exact) mass is 245 g/mol. The Balaban J connectivity index is 1.51. The molecule has 1 heterocycles. The van der Waals surface area contributed by atoms with Gasteiger partial charge < -0.3 is 4.90 Å². The number of rotatable bonds is 3. The molecule has 0 radical (unpaired) electrons. The van der Waals surface area contributed by atoms with E-state index in [0.717, 1.165) is 24.8 Å². The predicted molar refractivity (Wildman–Crippen MR) is 71.9 cm³/mol. The maximum Gasteiger partial charge on any atom is 0.123 e. The molecule has 0 saturated carbocycles. The van der Waals surface area contributed by atoms with Gasteiger partial charge in [-0.1, -0.05) is 24.3 Å².